The summed E-state index contributed by atoms with van der Waals surface area (Å²) in [7, 11) is 3.28. The highest BCUT2D eigenvalue weighted by Gasteiger charge is 2.24. The molecule has 1 aromatic carbocycles. The smallest absolute Gasteiger partial charge is 0.203 e. The van der Waals surface area contributed by atoms with Gasteiger partial charge in [0, 0.05) is 6.04 Å². The van der Waals surface area contributed by atoms with Gasteiger partial charge in [-0.2, -0.15) is 0 Å². The Kier molecular flexibility index (Phi) is 4.31. The molecule has 0 saturated carbocycles. The van der Waals surface area contributed by atoms with Gasteiger partial charge in [0.05, 0.1) is 14.2 Å². The van der Waals surface area contributed by atoms with Crippen molar-refractivity contribution in [2.24, 2.45) is 0 Å². The van der Waals surface area contributed by atoms with Crippen molar-refractivity contribution < 1.29 is 14.2 Å². The van der Waals surface area contributed by atoms with E-state index in [1.807, 2.05) is 6.07 Å². The zero-order valence-electron chi connectivity index (χ0n) is 11.3. The molecule has 1 aliphatic rings. The quantitative estimate of drug-likeness (QED) is 0.869. The molecule has 1 aromatic rings. The fourth-order valence-corrected chi connectivity index (χ4v) is 2.25. The number of fused-ring (bicyclic) bond motifs is 1. The SMILES string of the molecule is CCCNC1COc2c(ccc(OC)c2OC)C1. The summed E-state index contributed by atoms with van der Waals surface area (Å²) in [5, 5.41) is 3.48. The van der Waals surface area contributed by atoms with Gasteiger partial charge < -0.3 is 19.5 Å². The van der Waals surface area contributed by atoms with E-state index in [0.29, 0.717) is 18.4 Å². The van der Waals surface area contributed by atoms with Crippen LogP contribution >= 0.6 is 0 Å². The molecule has 1 unspecified atom stereocenters. The predicted octanol–water partition coefficient (Wildman–Crippen LogP) is 2.01. The third-order valence-electron chi connectivity index (χ3n) is 3.16. The molecule has 1 N–H and O–H groups in total. The number of hydrogen-bond donors (Lipinski definition) is 1. The largest absolute Gasteiger partial charge is 0.493 e. The number of methoxy groups -OCH3 is 2. The molecule has 0 aliphatic carbocycles. The Hall–Kier alpha value is -1.42. The van der Waals surface area contributed by atoms with E-state index in [1.54, 1.807) is 14.2 Å². The molecule has 0 saturated heterocycles. The van der Waals surface area contributed by atoms with Crippen LogP contribution in [0.2, 0.25) is 0 Å². The van der Waals surface area contributed by atoms with Crippen molar-refractivity contribution in [3.8, 4) is 17.2 Å². The van der Waals surface area contributed by atoms with E-state index in [0.717, 1.165) is 30.9 Å². The lowest BCUT2D eigenvalue weighted by molar-refractivity contribution is 0.224. The monoisotopic (exact) mass is 251 g/mol. The van der Waals surface area contributed by atoms with Crippen LogP contribution in [-0.4, -0.2) is 33.4 Å². The lowest BCUT2D eigenvalue weighted by Gasteiger charge is -2.27. The van der Waals surface area contributed by atoms with Crippen molar-refractivity contribution in [1.29, 1.82) is 0 Å². The van der Waals surface area contributed by atoms with Crippen molar-refractivity contribution in [1.82, 2.24) is 5.32 Å². The second kappa shape index (κ2) is 5.96. The minimum atomic E-state index is 0.385. The van der Waals surface area contributed by atoms with Crippen LogP contribution in [0.25, 0.3) is 0 Å². The number of ether oxygens (including phenoxy) is 3. The van der Waals surface area contributed by atoms with Gasteiger partial charge in [-0.15, -0.1) is 0 Å². The first kappa shape index (κ1) is 13.0. The summed E-state index contributed by atoms with van der Waals surface area (Å²) in [4.78, 5) is 0. The summed E-state index contributed by atoms with van der Waals surface area (Å²) < 4.78 is 16.5. The summed E-state index contributed by atoms with van der Waals surface area (Å²) in [5.41, 5.74) is 1.17. The van der Waals surface area contributed by atoms with E-state index >= 15 is 0 Å². The van der Waals surface area contributed by atoms with E-state index in [1.165, 1.54) is 5.56 Å². The lowest BCUT2D eigenvalue weighted by atomic mass is 10.0. The molecule has 4 heteroatoms. The van der Waals surface area contributed by atoms with Crippen LogP contribution in [0.15, 0.2) is 12.1 Å². The van der Waals surface area contributed by atoms with Gasteiger partial charge >= 0.3 is 0 Å². The summed E-state index contributed by atoms with van der Waals surface area (Å²) in [6, 6.07) is 4.37. The minimum absolute atomic E-state index is 0.385. The van der Waals surface area contributed by atoms with Gasteiger partial charge in [0.25, 0.3) is 0 Å². The number of benzene rings is 1. The Morgan fingerprint density at radius 1 is 1.33 bits per heavy atom. The first-order chi connectivity index (χ1) is 8.80. The third-order valence-corrected chi connectivity index (χ3v) is 3.16. The van der Waals surface area contributed by atoms with Crippen LogP contribution in [0, 0.1) is 0 Å². The molecule has 0 bridgehead atoms. The van der Waals surface area contributed by atoms with Crippen molar-refractivity contribution in [2.75, 3.05) is 27.4 Å². The predicted molar refractivity (Wildman–Crippen MR) is 70.8 cm³/mol. The molecule has 2 rings (SSSR count). The van der Waals surface area contributed by atoms with E-state index in [4.69, 9.17) is 14.2 Å². The zero-order chi connectivity index (χ0) is 13.0. The molecule has 0 radical (unpaired) electrons. The standard InChI is InChI=1S/C14H21NO3/c1-4-7-15-11-8-10-5-6-12(16-2)14(17-3)13(10)18-9-11/h5-6,11,15H,4,7-9H2,1-3H3. The maximum absolute atomic E-state index is 5.83. The Morgan fingerprint density at radius 3 is 2.83 bits per heavy atom. The maximum atomic E-state index is 5.83. The molecule has 0 aromatic heterocycles. The van der Waals surface area contributed by atoms with Crippen LogP contribution in [0.5, 0.6) is 17.2 Å². The van der Waals surface area contributed by atoms with Gasteiger partial charge in [0.15, 0.2) is 11.5 Å². The lowest BCUT2D eigenvalue weighted by Crippen LogP contribution is -2.39. The number of rotatable bonds is 5. The average molecular weight is 251 g/mol. The summed E-state index contributed by atoms with van der Waals surface area (Å²) in [5.74, 6) is 2.24. The van der Waals surface area contributed by atoms with Gasteiger partial charge in [-0.1, -0.05) is 13.0 Å². The second-order valence-corrected chi connectivity index (χ2v) is 4.46. The third kappa shape index (κ3) is 2.53. The van der Waals surface area contributed by atoms with E-state index in [9.17, 15) is 0 Å². The Bertz CT molecular complexity index is 406. The topological polar surface area (TPSA) is 39.7 Å². The Morgan fingerprint density at radius 2 is 2.17 bits per heavy atom. The van der Waals surface area contributed by atoms with Crippen molar-refractivity contribution in [2.45, 2.75) is 25.8 Å². The molecule has 1 heterocycles. The van der Waals surface area contributed by atoms with Gasteiger partial charge in [0.1, 0.15) is 6.61 Å². The number of nitrogens with one attached hydrogen (secondary N) is 1. The van der Waals surface area contributed by atoms with Crippen LogP contribution < -0.4 is 19.5 Å². The molecule has 18 heavy (non-hydrogen) atoms. The highest BCUT2D eigenvalue weighted by molar-refractivity contribution is 5.56. The normalized spacial score (nSPS) is 17.8. The highest BCUT2D eigenvalue weighted by Crippen LogP contribution is 2.41. The average Bonchev–Trinajstić information content (AvgIpc) is 2.43. The molecule has 0 amide bonds. The molecular formula is C14H21NO3. The Balaban J connectivity index is 2.19. The zero-order valence-corrected chi connectivity index (χ0v) is 11.3. The molecule has 1 atom stereocenters. The summed E-state index contributed by atoms with van der Waals surface area (Å²) in [6.07, 6.45) is 2.10. The van der Waals surface area contributed by atoms with Gasteiger partial charge in [-0.05, 0) is 31.0 Å². The van der Waals surface area contributed by atoms with Crippen LogP contribution in [0.4, 0.5) is 0 Å². The second-order valence-electron chi connectivity index (χ2n) is 4.46. The fraction of sp³-hybridized carbons (Fsp3) is 0.571. The Labute approximate surface area is 108 Å². The molecule has 100 valence electrons. The van der Waals surface area contributed by atoms with E-state index < -0.39 is 0 Å². The number of hydrogen-bond acceptors (Lipinski definition) is 4. The molecule has 4 nitrogen and oxygen atoms in total. The minimum Gasteiger partial charge on any atom is -0.493 e. The molecule has 0 spiro atoms. The van der Waals surface area contributed by atoms with Crippen molar-refractivity contribution in [3.05, 3.63) is 17.7 Å². The van der Waals surface area contributed by atoms with Gasteiger partial charge in [0.2, 0.25) is 5.75 Å². The first-order valence-electron chi connectivity index (χ1n) is 6.40. The van der Waals surface area contributed by atoms with Crippen LogP contribution in [0.1, 0.15) is 18.9 Å². The van der Waals surface area contributed by atoms with Crippen molar-refractivity contribution >= 4 is 0 Å². The van der Waals surface area contributed by atoms with Gasteiger partial charge in [-0.25, -0.2) is 0 Å². The van der Waals surface area contributed by atoms with E-state index in [2.05, 4.69) is 18.3 Å². The van der Waals surface area contributed by atoms with Crippen LogP contribution in [0.3, 0.4) is 0 Å². The van der Waals surface area contributed by atoms with Crippen molar-refractivity contribution in [3.63, 3.8) is 0 Å². The molecular weight excluding hydrogens is 230 g/mol. The summed E-state index contributed by atoms with van der Waals surface area (Å²) in [6.45, 7) is 3.87. The van der Waals surface area contributed by atoms with Gasteiger partial charge in [-0.3, -0.25) is 0 Å². The van der Waals surface area contributed by atoms with Crippen LogP contribution in [-0.2, 0) is 6.42 Å². The fourth-order valence-electron chi connectivity index (χ4n) is 2.25. The molecule has 1 aliphatic heterocycles. The first-order valence-corrected chi connectivity index (χ1v) is 6.40. The van der Waals surface area contributed by atoms with E-state index in [-0.39, 0.29) is 0 Å². The highest BCUT2D eigenvalue weighted by atomic mass is 16.5. The molecule has 0 fully saturated rings. The maximum Gasteiger partial charge on any atom is 0.203 e. The summed E-state index contributed by atoms with van der Waals surface area (Å²) >= 11 is 0.